The molecule has 20 heavy (non-hydrogen) atoms. The van der Waals surface area contributed by atoms with Crippen molar-refractivity contribution >= 4 is 23.8 Å². The molecule has 0 atom stereocenters. The fourth-order valence-electron chi connectivity index (χ4n) is 2.18. The van der Waals surface area contributed by atoms with Gasteiger partial charge in [0.15, 0.2) is 0 Å². The Balaban J connectivity index is 0.00000147. The third-order valence-corrected chi connectivity index (χ3v) is 5.49. The molecule has 0 aliphatic heterocycles. The number of rotatable bonds is 3. The second kappa shape index (κ2) is 7.48. The molecule has 2 heteroatoms. The maximum Gasteiger partial charge on any atom is 1.00 e. The quantitative estimate of drug-likeness (QED) is 0.493. The molecular weight excluding hydrogens is 350 g/mol. The average molecular weight is 365 g/mol. The number of benzene rings is 3. The van der Waals surface area contributed by atoms with Gasteiger partial charge in [0.25, 0.3) is 0 Å². The molecule has 0 radical (unpaired) electrons. The first-order valence-electron chi connectivity index (χ1n) is 6.40. The van der Waals surface area contributed by atoms with Crippen LogP contribution in [0.3, 0.4) is 0 Å². The summed E-state index contributed by atoms with van der Waals surface area (Å²) < 4.78 is 0. The van der Waals surface area contributed by atoms with Crippen molar-refractivity contribution in [1.29, 1.82) is 0 Å². The summed E-state index contributed by atoms with van der Waals surface area (Å²) >= 11 is 0. The summed E-state index contributed by atoms with van der Waals surface area (Å²) in [5, 5.41) is 4.19. The Morgan fingerprint density at radius 1 is 0.400 bits per heavy atom. The minimum absolute atomic E-state index is 0. The summed E-state index contributed by atoms with van der Waals surface area (Å²) in [6.07, 6.45) is 0. The molecule has 0 N–H and O–H groups in total. The summed E-state index contributed by atoms with van der Waals surface area (Å²) in [6.45, 7) is 0. The molecule has 0 unspecified atom stereocenters. The first kappa shape index (κ1) is 15.1. The summed E-state index contributed by atoms with van der Waals surface area (Å²) in [5.74, 6) is 0. The predicted octanol–water partition coefficient (Wildman–Crippen LogP) is 3.44. The van der Waals surface area contributed by atoms with Crippen molar-refractivity contribution in [2.45, 2.75) is 0 Å². The molecule has 0 aliphatic rings. The zero-order valence-corrected chi connectivity index (χ0v) is 13.5. The van der Waals surface area contributed by atoms with Crippen molar-refractivity contribution in [3.05, 3.63) is 91.0 Å². The Labute approximate surface area is 134 Å². The fourth-order valence-corrected chi connectivity index (χ4v) is 4.48. The van der Waals surface area contributed by atoms with Gasteiger partial charge in [-0.3, -0.25) is 0 Å². The molecule has 3 aromatic rings. The Bertz CT molecular complexity index is 529. The van der Waals surface area contributed by atoms with Gasteiger partial charge in [-0.25, -0.2) is 0 Å². The van der Waals surface area contributed by atoms with E-state index in [1.54, 1.807) is 0 Å². The van der Waals surface area contributed by atoms with Crippen molar-refractivity contribution in [3.8, 4) is 0 Å². The van der Waals surface area contributed by atoms with Crippen LogP contribution in [-0.4, -0.2) is 0 Å². The zero-order chi connectivity index (χ0) is 12.9. The van der Waals surface area contributed by atoms with Gasteiger partial charge in [-0.15, -0.1) is 0 Å². The summed E-state index contributed by atoms with van der Waals surface area (Å²) in [4.78, 5) is 0. The van der Waals surface area contributed by atoms with Crippen molar-refractivity contribution in [1.82, 2.24) is 0 Å². The van der Waals surface area contributed by atoms with E-state index >= 15 is 0 Å². The van der Waals surface area contributed by atoms with Gasteiger partial charge in [-0.05, 0) is 23.8 Å². The minimum Gasteiger partial charge on any atom is -0.0622 e. The normalized spacial score (nSPS) is 10.1. The van der Waals surface area contributed by atoms with Crippen LogP contribution in [0.5, 0.6) is 0 Å². The molecule has 0 spiro atoms. The first-order chi connectivity index (χ1) is 9.45. The van der Waals surface area contributed by atoms with Crippen LogP contribution in [-0.2, 0) is 19.5 Å². The van der Waals surface area contributed by atoms with Gasteiger partial charge in [-0.2, -0.15) is 0 Å². The van der Waals surface area contributed by atoms with E-state index in [9.17, 15) is 0 Å². The molecule has 0 aliphatic carbocycles. The maximum atomic E-state index is 2.23. The van der Waals surface area contributed by atoms with Crippen molar-refractivity contribution in [2.75, 3.05) is 0 Å². The second-order valence-electron chi connectivity index (χ2n) is 4.34. The molecule has 0 aromatic heterocycles. The van der Waals surface area contributed by atoms with E-state index in [4.69, 9.17) is 0 Å². The monoisotopic (exact) mass is 365 g/mol. The van der Waals surface area contributed by atoms with Gasteiger partial charge in [0.1, 0.15) is 0 Å². The minimum atomic E-state index is -0.446. The summed E-state index contributed by atoms with van der Waals surface area (Å²) in [5.41, 5.74) is 0. The molecule has 3 rings (SSSR count). The molecule has 100 valence electrons. The predicted molar refractivity (Wildman–Crippen MR) is 85.1 cm³/mol. The molecular formula is C18H15PRh+. The van der Waals surface area contributed by atoms with Crippen molar-refractivity contribution < 1.29 is 19.5 Å². The van der Waals surface area contributed by atoms with E-state index in [2.05, 4.69) is 91.0 Å². The number of hydrogen-bond acceptors (Lipinski definition) is 0. The van der Waals surface area contributed by atoms with Crippen molar-refractivity contribution in [2.24, 2.45) is 0 Å². The smallest absolute Gasteiger partial charge is 0.0622 e. The standard InChI is InChI=1S/C18H15P.Rh/c1-4-10-16(11-5-1)19(17-12-6-2-7-13-17)18-14-8-3-9-15-18;/h1-15H;/q;+1. The van der Waals surface area contributed by atoms with Gasteiger partial charge < -0.3 is 0 Å². The Morgan fingerprint density at radius 2 is 0.650 bits per heavy atom. The van der Waals surface area contributed by atoms with Crippen molar-refractivity contribution in [3.63, 3.8) is 0 Å². The van der Waals surface area contributed by atoms with E-state index in [1.165, 1.54) is 15.9 Å². The SMILES string of the molecule is [Rh+].c1ccc(P(c2ccccc2)c2ccccc2)cc1. The van der Waals surface area contributed by atoms with Crippen LogP contribution in [0.4, 0.5) is 0 Å². The Hall–Kier alpha value is -1.29. The van der Waals surface area contributed by atoms with Gasteiger partial charge >= 0.3 is 19.5 Å². The summed E-state index contributed by atoms with van der Waals surface area (Å²) in [6, 6.07) is 32.3. The Morgan fingerprint density at radius 3 is 0.900 bits per heavy atom. The maximum absolute atomic E-state index is 2.23. The molecule has 3 aromatic carbocycles. The molecule has 0 fully saturated rings. The van der Waals surface area contributed by atoms with Gasteiger partial charge in [0.2, 0.25) is 0 Å². The summed E-state index contributed by atoms with van der Waals surface area (Å²) in [7, 11) is -0.446. The van der Waals surface area contributed by atoms with Crippen LogP contribution in [0.2, 0.25) is 0 Å². The van der Waals surface area contributed by atoms with Crippen LogP contribution in [0.1, 0.15) is 0 Å². The molecule has 0 saturated carbocycles. The van der Waals surface area contributed by atoms with E-state index in [0.29, 0.717) is 0 Å². The topological polar surface area (TPSA) is 0 Å². The Kier molecular flexibility index (Phi) is 5.65. The molecule has 0 amide bonds. The zero-order valence-electron chi connectivity index (χ0n) is 10.9. The molecule has 0 bridgehead atoms. The van der Waals surface area contributed by atoms with E-state index in [1.807, 2.05) is 0 Å². The van der Waals surface area contributed by atoms with E-state index in [0.717, 1.165) is 0 Å². The largest absolute Gasteiger partial charge is 1.00 e. The van der Waals surface area contributed by atoms with E-state index in [-0.39, 0.29) is 19.5 Å². The third-order valence-electron chi connectivity index (χ3n) is 3.04. The average Bonchev–Trinajstić information content (AvgIpc) is 2.51. The van der Waals surface area contributed by atoms with E-state index < -0.39 is 7.92 Å². The first-order valence-corrected chi connectivity index (χ1v) is 7.74. The third kappa shape index (κ3) is 3.42. The van der Waals surface area contributed by atoms with Gasteiger partial charge in [-0.1, -0.05) is 91.0 Å². The van der Waals surface area contributed by atoms with Crippen LogP contribution >= 0.6 is 7.92 Å². The fraction of sp³-hybridized carbons (Fsp3) is 0. The molecule has 0 saturated heterocycles. The van der Waals surface area contributed by atoms with Crippen LogP contribution < -0.4 is 15.9 Å². The second-order valence-corrected chi connectivity index (χ2v) is 6.56. The van der Waals surface area contributed by atoms with Crippen LogP contribution in [0.15, 0.2) is 91.0 Å². The van der Waals surface area contributed by atoms with Gasteiger partial charge in [0, 0.05) is 0 Å². The van der Waals surface area contributed by atoms with Crippen LogP contribution in [0.25, 0.3) is 0 Å². The molecule has 0 heterocycles. The number of hydrogen-bond donors (Lipinski definition) is 0. The molecule has 0 nitrogen and oxygen atoms in total. The van der Waals surface area contributed by atoms with Crippen LogP contribution in [0, 0.1) is 0 Å². The van der Waals surface area contributed by atoms with Gasteiger partial charge in [0.05, 0.1) is 0 Å².